The Kier molecular flexibility index (Phi) is 27.7. The van der Waals surface area contributed by atoms with Crippen LogP contribution in [0.4, 0.5) is 0 Å². The van der Waals surface area contributed by atoms with Gasteiger partial charge in [-0.3, -0.25) is 14.4 Å². The van der Waals surface area contributed by atoms with Crippen molar-refractivity contribution in [3.05, 3.63) is 0 Å². The molecule has 0 aliphatic carbocycles. The predicted octanol–water partition coefficient (Wildman–Crippen LogP) is 1.78. The van der Waals surface area contributed by atoms with Crippen molar-refractivity contribution >= 4 is 46.9 Å². The van der Waals surface area contributed by atoms with Crippen LogP contribution in [0.1, 0.15) is 96.8 Å². The Morgan fingerprint density at radius 2 is 0.935 bits per heavy atom. The number of aliphatic carboxylic acids is 4. The molecule has 0 aromatic carbocycles. The zero-order valence-electron chi connectivity index (χ0n) is 17.8. The highest BCUT2D eigenvalue weighted by molar-refractivity contribution is 5.88. The molecular formula is C20H40MgO10. The Balaban J connectivity index is -0.000000225. The fourth-order valence-electron chi connectivity index (χ4n) is 2.65. The van der Waals surface area contributed by atoms with Crippen LogP contribution in [-0.4, -0.2) is 83.5 Å². The lowest BCUT2D eigenvalue weighted by atomic mass is 9.96. The van der Waals surface area contributed by atoms with Crippen LogP contribution in [0.15, 0.2) is 0 Å². The lowest BCUT2D eigenvalue weighted by Gasteiger charge is -2.18. The average molecular weight is 465 g/mol. The van der Waals surface area contributed by atoms with Gasteiger partial charge in [-0.1, -0.05) is 71.1 Å². The number of unbranched alkanes of at least 4 members (excludes halogenated alkanes) is 10. The molecule has 0 radical (unpaired) electrons. The summed E-state index contributed by atoms with van der Waals surface area (Å²) in [7, 11) is 0. The second-order valence-electron chi connectivity index (χ2n) is 7.16. The molecule has 0 heterocycles. The molecule has 0 fully saturated rings. The molecule has 0 aromatic rings. The number of carbonyl (C=O) groups is 4. The summed E-state index contributed by atoms with van der Waals surface area (Å²) in [6.45, 7) is 2.25. The van der Waals surface area contributed by atoms with Crippen molar-refractivity contribution < 1.29 is 50.2 Å². The van der Waals surface area contributed by atoms with E-state index >= 15 is 0 Å². The smallest absolute Gasteiger partial charge is 0.336 e. The second kappa shape index (κ2) is 23.2. The second-order valence-corrected chi connectivity index (χ2v) is 7.16. The van der Waals surface area contributed by atoms with Gasteiger partial charge in [0, 0.05) is 6.42 Å². The van der Waals surface area contributed by atoms with Crippen LogP contribution in [0.25, 0.3) is 0 Å². The number of carboxylic acid groups (broad SMARTS) is 4. The van der Waals surface area contributed by atoms with Gasteiger partial charge < -0.3 is 31.0 Å². The first-order chi connectivity index (χ1) is 13.5. The molecule has 0 rings (SSSR count). The molecular weight excluding hydrogens is 425 g/mol. The Hall–Kier alpha value is -1.43. The van der Waals surface area contributed by atoms with E-state index in [0.717, 1.165) is 12.8 Å². The van der Waals surface area contributed by atoms with Gasteiger partial charge in [0.15, 0.2) is 5.60 Å². The van der Waals surface area contributed by atoms with Crippen LogP contribution in [-0.2, 0) is 19.2 Å². The Labute approximate surface area is 199 Å². The Morgan fingerprint density at radius 3 is 1.19 bits per heavy atom. The van der Waals surface area contributed by atoms with E-state index in [0.29, 0.717) is 6.42 Å². The van der Waals surface area contributed by atoms with Gasteiger partial charge in [0.25, 0.3) is 0 Å². The minimum Gasteiger partial charge on any atom is -0.481 e. The highest BCUT2D eigenvalue weighted by Gasteiger charge is 2.40. The quantitative estimate of drug-likeness (QED) is 0.157. The molecule has 0 amide bonds. The maximum absolute atomic E-state index is 10.3. The van der Waals surface area contributed by atoms with Crippen LogP contribution in [0.2, 0.25) is 0 Å². The zero-order valence-corrected chi connectivity index (χ0v) is 17.8. The third-order valence-electron chi connectivity index (χ3n) is 4.28. The van der Waals surface area contributed by atoms with Crippen LogP contribution in [0.3, 0.4) is 0 Å². The molecule has 0 unspecified atom stereocenters. The van der Waals surface area contributed by atoms with Gasteiger partial charge in [-0.2, -0.15) is 0 Å². The minimum atomic E-state index is -2.74. The van der Waals surface area contributed by atoms with Crippen molar-refractivity contribution in [2.75, 3.05) is 0 Å². The highest BCUT2D eigenvalue weighted by Crippen LogP contribution is 2.15. The number of hydrogen-bond acceptors (Lipinski definition) is 5. The van der Waals surface area contributed by atoms with Crippen LogP contribution >= 0.6 is 0 Å². The molecule has 0 saturated carbocycles. The number of hydrogen-bond donors (Lipinski definition) is 5. The lowest BCUT2D eigenvalue weighted by molar-refractivity contribution is -0.170. The van der Waals surface area contributed by atoms with E-state index in [9.17, 15) is 19.2 Å². The first-order valence-electron chi connectivity index (χ1n) is 10.2. The number of rotatable bonds is 17. The van der Waals surface area contributed by atoms with Crippen LogP contribution < -0.4 is 0 Å². The third-order valence-corrected chi connectivity index (χ3v) is 4.28. The minimum absolute atomic E-state index is 0. The standard InChI is InChI=1S/C14H28O2.C6H8O7.Mg.H2O.2H/c1-2-3-4-5-6-7-8-9-10-11-12-13-14(15)16;7-3(8)1-6(13,5(11)12)2-4(9)10;;;;/h2-13H2,1H3,(H,15,16);13H,1-2H2,(H,7,8)(H,9,10)(H,11,12);;1H2;;. The van der Waals surface area contributed by atoms with Crippen molar-refractivity contribution in [2.45, 2.75) is 102 Å². The summed E-state index contributed by atoms with van der Waals surface area (Å²) in [5, 5.41) is 42.3. The molecule has 31 heavy (non-hydrogen) atoms. The van der Waals surface area contributed by atoms with E-state index in [1.165, 1.54) is 57.8 Å². The van der Waals surface area contributed by atoms with Gasteiger partial charge in [0.1, 0.15) is 0 Å². The van der Waals surface area contributed by atoms with Crippen LogP contribution in [0, 0.1) is 0 Å². The number of aliphatic hydroxyl groups is 1. The molecule has 7 N–H and O–H groups in total. The maximum Gasteiger partial charge on any atom is 0.336 e. The van der Waals surface area contributed by atoms with Crippen molar-refractivity contribution in [2.24, 2.45) is 0 Å². The fourth-order valence-corrected chi connectivity index (χ4v) is 2.65. The average Bonchev–Trinajstić information content (AvgIpc) is 2.58. The topological polar surface area (TPSA) is 201 Å². The molecule has 0 bridgehead atoms. The van der Waals surface area contributed by atoms with E-state index in [1.54, 1.807) is 0 Å². The summed E-state index contributed by atoms with van der Waals surface area (Å²) >= 11 is 0. The molecule has 0 atom stereocenters. The molecule has 11 heteroatoms. The summed E-state index contributed by atoms with van der Waals surface area (Å²) in [5.74, 6) is -5.68. The van der Waals surface area contributed by atoms with E-state index in [2.05, 4.69) is 6.92 Å². The third kappa shape index (κ3) is 26.5. The Bertz CT molecular complexity index is 480. The molecule has 0 aromatic heterocycles. The van der Waals surface area contributed by atoms with E-state index in [-0.39, 0.29) is 28.5 Å². The number of carboxylic acids is 4. The maximum atomic E-state index is 10.3. The monoisotopic (exact) mass is 464 g/mol. The summed E-state index contributed by atoms with van der Waals surface area (Å²) in [4.78, 5) is 40.7. The molecule has 0 saturated heterocycles. The Morgan fingerprint density at radius 1 is 0.613 bits per heavy atom. The van der Waals surface area contributed by atoms with Crippen LogP contribution in [0.5, 0.6) is 0 Å². The first kappa shape index (κ1) is 36.9. The molecule has 0 spiro atoms. The van der Waals surface area contributed by atoms with Crippen molar-refractivity contribution in [1.29, 1.82) is 0 Å². The van der Waals surface area contributed by atoms with Gasteiger partial charge in [-0.05, 0) is 6.42 Å². The van der Waals surface area contributed by atoms with Gasteiger partial charge >= 0.3 is 46.9 Å². The summed E-state index contributed by atoms with van der Waals surface area (Å²) in [6, 6.07) is 0. The molecule has 0 aliphatic rings. The highest BCUT2D eigenvalue weighted by atomic mass is 24.3. The normalized spacial score (nSPS) is 10.0. The van der Waals surface area contributed by atoms with Crippen molar-refractivity contribution in [3.63, 3.8) is 0 Å². The SMILES string of the molecule is CCCCCCCCCCCCCC(=O)O.O.O=C(O)CC(O)(CC(=O)O)C(=O)O.[MgH2]. The summed E-state index contributed by atoms with van der Waals surface area (Å²) in [6.07, 6.45) is 12.1. The first-order valence-corrected chi connectivity index (χ1v) is 10.2. The molecule has 10 nitrogen and oxygen atoms in total. The van der Waals surface area contributed by atoms with Crippen molar-refractivity contribution in [3.8, 4) is 0 Å². The van der Waals surface area contributed by atoms with Crippen molar-refractivity contribution in [1.82, 2.24) is 0 Å². The molecule has 0 aliphatic heterocycles. The van der Waals surface area contributed by atoms with Gasteiger partial charge in [-0.25, -0.2) is 4.79 Å². The van der Waals surface area contributed by atoms with Gasteiger partial charge in [0.2, 0.25) is 0 Å². The fraction of sp³-hybridized carbons (Fsp3) is 0.800. The molecule has 182 valence electrons. The zero-order chi connectivity index (χ0) is 22.7. The predicted molar refractivity (Wildman–Crippen MR) is 118 cm³/mol. The summed E-state index contributed by atoms with van der Waals surface area (Å²) in [5.41, 5.74) is -2.74. The van der Waals surface area contributed by atoms with E-state index < -0.39 is 42.3 Å². The van der Waals surface area contributed by atoms with Gasteiger partial charge in [0.05, 0.1) is 12.8 Å². The van der Waals surface area contributed by atoms with Gasteiger partial charge in [-0.15, -0.1) is 0 Å². The largest absolute Gasteiger partial charge is 0.481 e. The lowest BCUT2D eigenvalue weighted by Crippen LogP contribution is -2.42. The van der Waals surface area contributed by atoms with E-state index in [4.69, 9.17) is 25.5 Å². The summed E-state index contributed by atoms with van der Waals surface area (Å²) < 4.78 is 0. The van der Waals surface area contributed by atoms with E-state index in [1.807, 2.05) is 0 Å².